The van der Waals surface area contributed by atoms with Gasteiger partial charge in [0.1, 0.15) is 5.92 Å². The molecular weight excluding hydrogens is 320 g/mol. The van der Waals surface area contributed by atoms with E-state index in [2.05, 4.69) is 0 Å². The molecule has 8 heteroatoms. The highest BCUT2D eigenvalue weighted by Crippen LogP contribution is 2.72. The molecule has 2 bridgehead atoms. The molecule has 5 N–H and O–H groups in total. The summed E-state index contributed by atoms with van der Waals surface area (Å²) in [5.74, 6) is -7.50. The van der Waals surface area contributed by atoms with Gasteiger partial charge in [-0.15, -0.1) is 0 Å². The van der Waals surface area contributed by atoms with Crippen molar-refractivity contribution in [3.63, 3.8) is 0 Å². The molecule has 0 amide bonds. The molecule has 2 aliphatic rings. The predicted molar refractivity (Wildman–Crippen MR) is 80.1 cm³/mol. The number of rotatable bonds is 6. The Balaban J connectivity index is 2.62. The highest BCUT2D eigenvalue weighted by Gasteiger charge is 2.75. The summed E-state index contributed by atoms with van der Waals surface area (Å²) in [6.45, 7) is 5.47. The SMILES string of the molecule is CC1(C)C2CCC1(C)C(O)(C(C(=O)O)C(O)(CC(=O)O)C(=O)O)C2. The fraction of sp³-hybridized carbons (Fsp3) is 0.812. The lowest BCUT2D eigenvalue weighted by molar-refractivity contribution is -0.216. The van der Waals surface area contributed by atoms with Gasteiger partial charge < -0.3 is 25.5 Å². The zero-order valence-electron chi connectivity index (χ0n) is 13.9. The van der Waals surface area contributed by atoms with E-state index in [9.17, 15) is 34.8 Å². The zero-order valence-corrected chi connectivity index (χ0v) is 13.9. The number of hydrogen-bond donors (Lipinski definition) is 5. The number of aliphatic hydroxyl groups is 2. The van der Waals surface area contributed by atoms with E-state index < -0.39 is 52.3 Å². The first-order valence-electron chi connectivity index (χ1n) is 7.87. The number of fused-ring (bicyclic) bond motifs is 2. The van der Waals surface area contributed by atoms with Crippen molar-refractivity contribution in [2.24, 2.45) is 22.7 Å². The summed E-state index contributed by atoms with van der Waals surface area (Å²) in [5, 5.41) is 49.8. The number of hydrogen-bond acceptors (Lipinski definition) is 5. The van der Waals surface area contributed by atoms with E-state index in [-0.39, 0.29) is 12.3 Å². The Bertz CT molecular complexity index is 599. The molecule has 0 aromatic rings. The van der Waals surface area contributed by atoms with E-state index in [1.54, 1.807) is 6.92 Å². The molecule has 0 aliphatic heterocycles. The Morgan fingerprint density at radius 2 is 1.71 bits per heavy atom. The van der Waals surface area contributed by atoms with E-state index >= 15 is 0 Å². The summed E-state index contributed by atoms with van der Waals surface area (Å²) in [6.07, 6.45) is -0.0399. The van der Waals surface area contributed by atoms with E-state index in [0.29, 0.717) is 6.42 Å². The third kappa shape index (κ3) is 2.09. The second kappa shape index (κ2) is 5.16. The normalized spacial score (nSPS) is 37.6. The van der Waals surface area contributed by atoms with Crippen molar-refractivity contribution in [2.45, 2.75) is 57.7 Å². The van der Waals surface area contributed by atoms with Gasteiger partial charge >= 0.3 is 17.9 Å². The van der Waals surface area contributed by atoms with Gasteiger partial charge in [0.2, 0.25) is 0 Å². The lowest BCUT2D eigenvalue weighted by Gasteiger charge is -2.50. The molecule has 2 saturated carbocycles. The molecule has 5 atom stereocenters. The first kappa shape index (κ1) is 18.7. The number of carbonyl (C=O) groups is 3. The fourth-order valence-electron chi connectivity index (χ4n) is 5.10. The highest BCUT2D eigenvalue weighted by molar-refractivity contribution is 5.90. The van der Waals surface area contributed by atoms with E-state index in [1.165, 1.54) is 0 Å². The van der Waals surface area contributed by atoms with Crippen LogP contribution in [0.2, 0.25) is 0 Å². The Morgan fingerprint density at radius 3 is 2.00 bits per heavy atom. The topological polar surface area (TPSA) is 152 Å². The van der Waals surface area contributed by atoms with Crippen LogP contribution in [0.4, 0.5) is 0 Å². The molecule has 0 aromatic carbocycles. The summed E-state index contributed by atoms with van der Waals surface area (Å²) in [7, 11) is 0. The van der Waals surface area contributed by atoms with Crippen molar-refractivity contribution in [1.29, 1.82) is 0 Å². The van der Waals surface area contributed by atoms with Crippen LogP contribution in [0.1, 0.15) is 46.5 Å². The second-order valence-corrected chi connectivity index (χ2v) is 7.99. The number of carboxylic acid groups (broad SMARTS) is 3. The minimum atomic E-state index is -3.10. The number of carboxylic acids is 3. The largest absolute Gasteiger partial charge is 0.481 e. The molecular formula is C16H24O8. The highest BCUT2D eigenvalue weighted by atomic mass is 16.4. The summed E-state index contributed by atoms with van der Waals surface area (Å²) >= 11 is 0. The van der Waals surface area contributed by atoms with Crippen LogP contribution < -0.4 is 0 Å². The molecule has 0 aromatic heterocycles. The fourth-order valence-corrected chi connectivity index (χ4v) is 5.10. The molecule has 24 heavy (non-hydrogen) atoms. The predicted octanol–water partition coefficient (Wildman–Crippen LogP) is 0.555. The standard InChI is InChI=1S/C16H24O8/c1-13(2)8-4-5-14(13,3)16(24,6-8)10(11(19)20)15(23,12(21)22)7-9(17)18/h8,10,23-24H,4-7H2,1-3H3,(H,17,18)(H,19,20)(H,21,22). The van der Waals surface area contributed by atoms with Crippen LogP contribution in [0.15, 0.2) is 0 Å². The molecule has 2 rings (SSSR count). The Morgan fingerprint density at radius 1 is 1.17 bits per heavy atom. The maximum atomic E-state index is 11.9. The van der Waals surface area contributed by atoms with Crippen LogP contribution in [0.3, 0.4) is 0 Å². The van der Waals surface area contributed by atoms with Crippen molar-refractivity contribution < 1.29 is 39.9 Å². The molecule has 5 unspecified atom stereocenters. The minimum absolute atomic E-state index is 0.0165. The average molecular weight is 344 g/mol. The third-order valence-electron chi connectivity index (χ3n) is 6.94. The summed E-state index contributed by atoms with van der Waals surface area (Å²) < 4.78 is 0. The molecule has 2 fully saturated rings. The molecule has 8 nitrogen and oxygen atoms in total. The van der Waals surface area contributed by atoms with Gasteiger partial charge in [-0.05, 0) is 30.6 Å². The number of aliphatic carboxylic acids is 3. The Kier molecular flexibility index (Phi) is 4.01. The second-order valence-electron chi connectivity index (χ2n) is 7.99. The van der Waals surface area contributed by atoms with Gasteiger partial charge in [0.15, 0.2) is 5.60 Å². The van der Waals surface area contributed by atoms with Gasteiger partial charge in [-0.3, -0.25) is 9.59 Å². The van der Waals surface area contributed by atoms with Crippen LogP contribution >= 0.6 is 0 Å². The molecule has 0 spiro atoms. The van der Waals surface area contributed by atoms with E-state index in [0.717, 1.165) is 6.42 Å². The summed E-state index contributed by atoms with van der Waals surface area (Å²) in [4.78, 5) is 34.5. The molecule has 0 saturated heterocycles. The third-order valence-corrected chi connectivity index (χ3v) is 6.94. The maximum absolute atomic E-state index is 11.9. The van der Waals surface area contributed by atoms with Crippen LogP contribution in [0, 0.1) is 22.7 Å². The lowest BCUT2D eigenvalue weighted by Crippen LogP contribution is -2.65. The molecule has 0 radical (unpaired) electrons. The lowest BCUT2D eigenvalue weighted by atomic mass is 9.57. The smallest absolute Gasteiger partial charge is 0.337 e. The monoisotopic (exact) mass is 344 g/mol. The van der Waals surface area contributed by atoms with Crippen LogP contribution in [-0.2, 0) is 14.4 Å². The van der Waals surface area contributed by atoms with Crippen LogP contribution in [0.5, 0.6) is 0 Å². The molecule has 136 valence electrons. The Hall–Kier alpha value is -1.67. The maximum Gasteiger partial charge on any atom is 0.337 e. The van der Waals surface area contributed by atoms with Gasteiger partial charge in [0, 0.05) is 5.41 Å². The van der Waals surface area contributed by atoms with Gasteiger partial charge in [0.05, 0.1) is 12.0 Å². The van der Waals surface area contributed by atoms with E-state index in [4.69, 9.17) is 5.11 Å². The molecule has 0 heterocycles. The first-order chi connectivity index (χ1) is 10.7. The van der Waals surface area contributed by atoms with Gasteiger partial charge in [-0.1, -0.05) is 20.8 Å². The van der Waals surface area contributed by atoms with Crippen molar-refractivity contribution in [2.75, 3.05) is 0 Å². The van der Waals surface area contributed by atoms with Crippen molar-refractivity contribution in [3.05, 3.63) is 0 Å². The first-order valence-corrected chi connectivity index (χ1v) is 7.87. The minimum Gasteiger partial charge on any atom is -0.481 e. The van der Waals surface area contributed by atoms with Gasteiger partial charge in [-0.25, -0.2) is 4.79 Å². The van der Waals surface area contributed by atoms with Crippen LogP contribution in [-0.4, -0.2) is 54.6 Å². The van der Waals surface area contributed by atoms with Crippen LogP contribution in [0.25, 0.3) is 0 Å². The molecule has 2 aliphatic carbocycles. The van der Waals surface area contributed by atoms with E-state index in [1.807, 2.05) is 13.8 Å². The van der Waals surface area contributed by atoms with Gasteiger partial charge in [0.25, 0.3) is 0 Å². The summed E-state index contributed by atoms with van der Waals surface area (Å²) in [5.41, 5.74) is -6.53. The van der Waals surface area contributed by atoms with Crippen molar-refractivity contribution >= 4 is 17.9 Å². The Labute approximate surface area is 139 Å². The van der Waals surface area contributed by atoms with Crippen molar-refractivity contribution in [1.82, 2.24) is 0 Å². The van der Waals surface area contributed by atoms with Gasteiger partial charge in [-0.2, -0.15) is 0 Å². The van der Waals surface area contributed by atoms with Crippen molar-refractivity contribution in [3.8, 4) is 0 Å². The zero-order chi connectivity index (χ0) is 18.7. The quantitative estimate of drug-likeness (QED) is 0.468. The summed E-state index contributed by atoms with van der Waals surface area (Å²) in [6, 6.07) is 0. The average Bonchev–Trinajstić information content (AvgIpc) is 2.68.